The summed E-state index contributed by atoms with van der Waals surface area (Å²) in [7, 11) is 0. The van der Waals surface area contributed by atoms with Crippen LogP contribution in [-0.2, 0) is 11.2 Å². The van der Waals surface area contributed by atoms with Gasteiger partial charge in [0.2, 0.25) is 0 Å². The van der Waals surface area contributed by atoms with Crippen molar-refractivity contribution in [3.63, 3.8) is 0 Å². The second kappa shape index (κ2) is 11.9. The maximum absolute atomic E-state index is 12.4. The number of amides is 1. The van der Waals surface area contributed by atoms with Crippen LogP contribution in [0.2, 0.25) is 0 Å². The fourth-order valence-corrected chi connectivity index (χ4v) is 2.71. The molecular weight excluding hydrogens is 372 g/mol. The molecule has 0 saturated heterocycles. The molecule has 0 heterocycles. The van der Waals surface area contributed by atoms with Crippen LogP contribution in [0.4, 0.5) is 0 Å². The summed E-state index contributed by atoms with van der Waals surface area (Å²) in [5, 5.41) is 11.3. The number of benzene rings is 2. The lowest BCUT2D eigenvalue weighted by Gasteiger charge is -2.07. The van der Waals surface area contributed by atoms with Gasteiger partial charge in [-0.1, -0.05) is 30.3 Å². The number of ether oxygens (including phenoxy) is 1. The van der Waals surface area contributed by atoms with Crippen molar-refractivity contribution in [1.29, 1.82) is 0 Å². The van der Waals surface area contributed by atoms with Crippen molar-refractivity contribution in [2.75, 3.05) is 32.9 Å². The van der Waals surface area contributed by atoms with Gasteiger partial charge in [0.05, 0.1) is 26.4 Å². The van der Waals surface area contributed by atoms with Crippen LogP contribution in [0.3, 0.4) is 0 Å². The molecule has 0 aliphatic rings. The Bertz CT molecular complexity index is 833. The summed E-state index contributed by atoms with van der Waals surface area (Å²) < 4.78 is 5.08. The maximum atomic E-state index is 12.4. The van der Waals surface area contributed by atoms with E-state index in [0.717, 1.165) is 5.56 Å². The van der Waals surface area contributed by atoms with Gasteiger partial charge in [-0.2, -0.15) is 0 Å². The van der Waals surface area contributed by atoms with E-state index in [1.807, 2.05) is 12.1 Å². The summed E-state index contributed by atoms with van der Waals surface area (Å²) in [6.45, 7) is 0.810. The number of nitrogens with one attached hydrogen (secondary N) is 1. The predicted molar refractivity (Wildman–Crippen MR) is 109 cm³/mol. The molecule has 2 aromatic carbocycles. The second-order valence-electron chi connectivity index (χ2n) is 6.42. The molecule has 0 fully saturated rings. The third kappa shape index (κ3) is 7.23. The molecule has 7 heteroatoms. The molecule has 7 nitrogen and oxygen atoms in total. The summed E-state index contributed by atoms with van der Waals surface area (Å²) in [6.07, 6.45) is 0.832. The van der Waals surface area contributed by atoms with Crippen LogP contribution >= 0.6 is 0 Å². The molecule has 0 aromatic heterocycles. The number of aliphatic hydroxyl groups excluding tert-OH is 1. The number of carbonyl (C=O) groups is 3. The zero-order chi connectivity index (χ0) is 21.1. The first kappa shape index (κ1) is 22.4. The largest absolute Gasteiger partial charge is 0.394 e. The van der Waals surface area contributed by atoms with Gasteiger partial charge in [-0.15, -0.1) is 0 Å². The average molecular weight is 398 g/mol. The highest BCUT2D eigenvalue weighted by Gasteiger charge is 2.10. The standard InChI is InChI=1S/C22H26N2O5/c23-15-21(27)19-3-1-2-18(14-19)20(26)9-6-16-4-7-17(8-5-16)22(28)24-10-12-29-13-11-25/h1-5,7-8,14,25H,6,9-13,15,23H2,(H,24,28). The molecule has 154 valence electrons. The van der Waals surface area contributed by atoms with E-state index in [-0.39, 0.29) is 37.2 Å². The van der Waals surface area contributed by atoms with Gasteiger partial charge in [0.15, 0.2) is 11.6 Å². The van der Waals surface area contributed by atoms with E-state index in [9.17, 15) is 14.4 Å². The number of rotatable bonds is 12. The number of Topliss-reactive ketones (excluding diaryl/α,β-unsaturated/α-hetero) is 2. The Hall–Kier alpha value is -2.87. The minimum Gasteiger partial charge on any atom is -0.394 e. The molecule has 0 saturated carbocycles. The summed E-state index contributed by atoms with van der Waals surface area (Å²) in [5.74, 6) is -0.462. The second-order valence-corrected chi connectivity index (χ2v) is 6.42. The molecule has 0 unspecified atom stereocenters. The van der Waals surface area contributed by atoms with Crippen LogP contribution in [0, 0.1) is 0 Å². The monoisotopic (exact) mass is 398 g/mol. The first-order valence-electron chi connectivity index (χ1n) is 9.47. The van der Waals surface area contributed by atoms with Crippen LogP contribution in [-0.4, -0.2) is 55.5 Å². The SMILES string of the molecule is NCC(=O)c1cccc(C(=O)CCc2ccc(C(=O)NCCOCCO)cc2)c1. The molecular formula is C22H26N2O5. The van der Waals surface area contributed by atoms with Crippen LogP contribution in [0.15, 0.2) is 48.5 Å². The first-order chi connectivity index (χ1) is 14.0. The van der Waals surface area contributed by atoms with Crippen LogP contribution in [0.25, 0.3) is 0 Å². The average Bonchev–Trinajstić information content (AvgIpc) is 2.77. The predicted octanol–water partition coefficient (Wildman–Crippen LogP) is 1.38. The fourth-order valence-electron chi connectivity index (χ4n) is 2.71. The Kier molecular flexibility index (Phi) is 9.17. The third-order valence-electron chi connectivity index (χ3n) is 4.32. The van der Waals surface area contributed by atoms with E-state index in [1.54, 1.807) is 36.4 Å². The topological polar surface area (TPSA) is 119 Å². The molecule has 0 aliphatic heterocycles. The van der Waals surface area contributed by atoms with E-state index in [1.165, 1.54) is 0 Å². The lowest BCUT2D eigenvalue weighted by atomic mass is 9.99. The van der Waals surface area contributed by atoms with Crippen molar-refractivity contribution in [3.05, 3.63) is 70.8 Å². The quantitative estimate of drug-likeness (QED) is 0.367. The zero-order valence-electron chi connectivity index (χ0n) is 16.2. The molecule has 0 aliphatic carbocycles. The lowest BCUT2D eigenvalue weighted by molar-refractivity contribution is 0.0837. The number of hydrogen-bond acceptors (Lipinski definition) is 6. The maximum Gasteiger partial charge on any atom is 0.251 e. The Morgan fingerprint density at radius 1 is 0.931 bits per heavy atom. The van der Waals surface area contributed by atoms with Gasteiger partial charge in [0.25, 0.3) is 5.91 Å². The molecule has 0 spiro atoms. The van der Waals surface area contributed by atoms with Crippen LogP contribution in [0.5, 0.6) is 0 Å². The number of aryl methyl sites for hydroxylation is 1. The number of hydrogen-bond donors (Lipinski definition) is 3. The van der Waals surface area contributed by atoms with Crippen molar-refractivity contribution < 1.29 is 24.2 Å². The van der Waals surface area contributed by atoms with Gasteiger partial charge in [-0.05, 0) is 30.2 Å². The number of ketones is 2. The van der Waals surface area contributed by atoms with Crippen molar-refractivity contribution in [1.82, 2.24) is 5.32 Å². The summed E-state index contributed by atoms with van der Waals surface area (Å²) in [4.78, 5) is 36.1. The molecule has 29 heavy (non-hydrogen) atoms. The summed E-state index contributed by atoms with van der Waals surface area (Å²) in [6, 6.07) is 13.7. The van der Waals surface area contributed by atoms with E-state index >= 15 is 0 Å². The van der Waals surface area contributed by atoms with Crippen molar-refractivity contribution in [2.24, 2.45) is 5.73 Å². The Morgan fingerprint density at radius 3 is 2.28 bits per heavy atom. The number of nitrogens with two attached hydrogens (primary N) is 1. The van der Waals surface area contributed by atoms with Crippen LogP contribution in [0.1, 0.15) is 43.1 Å². The van der Waals surface area contributed by atoms with E-state index < -0.39 is 0 Å². The normalized spacial score (nSPS) is 10.6. The zero-order valence-corrected chi connectivity index (χ0v) is 16.2. The van der Waals surface area contributed by atoms with Gasteiger partial charge in [0, 0.05) is 29.7 Å². The summed E-state index contributed by atoms with van der Waals surface area (Å²) in [5.41, 5.74) is 7.76. The molecule has 0 radical (unpaired) electrons. The van der Waals surface area contributed by atoms with Gasteiger partial charge in [0.1, 0.15) is 0 Å². The highest BCUT2D eigenvalue weighted by atomic mass is 16.5. The Balaban J connectivity index is 1.84. The minimum absolute atomic E-state index is 0.0465. The van der Waals surface area contributed by atoms with Crippen molar-refractivity contribution in [2.45, 2.75) is 12.8 Å². The van der Waals surface area contributed by atoms with Gasteiger partial charge in [-0.3, -0.25) is 14.4 Å². The van der Waals surface area contributed by atoms with Crippen molar-refractivity contribution in [3.8, 4) is 0 Å². The van der Waals surface area contributed by atoms with Crippen LogP contribution < -0.4 is 11.1 Å². The number of carbonyl (C=O) groups excluding carboxylic acids is 3. The molecule has 2 rings (SSSR count). The lowest BCUT2D eigenvalue weighted by Crippen LogP contribution is -2.27. The highest BCUT2D eigenvalue weighted by molar-refractivity contribution is 6.02. The third-order valence-corrected chi connectivity index (χ3v) is 4.32. The van der Waals surface area contributed by atoms with E-state index in [4.69, 9.17) is 15.6 Å². The molecule has 0 bridgehead atoms. The van der Waals surface area contributed by atoms with Gasteiger partial charge >= 0.3 is 0 Å². The van der Waals surface area contributed by atoms with Gasteiger partial charge in [-0.25, -0.2) is 0 Å². The minimum atomic E-state index is -0.207. The molecule has 2 aromatic rings. The van der Waals surface area contributed by atoms with Crippen molar-refractivity contribution >= 4 is 17.5 Å². The highest BCUT2D eigenvalue weighted by Crippen LogP contribution is 2.12. The molecule has 1 amide bonds. The Morgan fingerprint density at radius 2 is 1.62 bits per heavy atom. The smallest absolute Gasteiger partial charge is 0.251 e. The Labute approximate surface area is 169 Å². The first-order valence-corrected chi connectivity index (χ1v) is 9.47. The fraction of sp³-hybridized carbons (Fsp3) is 0.318. The number of aliphatic hydroxyl groups is 1. The molecule has 0 atom stereocenters. The van der Waals surface area contributed by atoms with E-state index in [0.29, 0.717) is 42.7 Å². The summed E-state index contributed by atoms with van der Waals surface area (Å²) >= 11 is 0. The van der Waals surface area contributed by atoms with Gasteiger partial charge < -0.3 is 20.9 Å². The van der Waals surface area contributed by atoms with E-state index in [2.05, 4.69) is 5.32 Å². The molecule has 4 N–H and O–H groups in total.